The van der Waals surface area contributed by atoms with E-state index in [9.17, 15) is 5.11 Å². The van der Waals surface area contributed by atoms with Crippen molar-refractivity contribution in [2.75, 3.05) is 40.5 Å². The summed E-state index contributed by atoms with van der Waals surface area (Å²) in [5.74, 6) is 1.42. The average molecular weight is 416 g/mol. The molecule has 2 atom stereocenters. The number of hydrogen-bond donors (Lipinski definition) is 1. The largest absolute Gasteiger partial charge is 0.493 e. The van der Waals surface area contributed by atoms with Crippen LogP contribution in [0.1, 0.15) is 24.0 Å². The molecule has 164 valence electrons. The van der Waals surface area contributed by atoms with Crippen LogP contribution in [0.5, 0.6) is 11.5 Å². The van der Waals surface area contributed by atoms with Crippen LogP contribution in [-0.4, -0.2) is 62.7 Å². The van der Waals surface area contributed by atoms with Crippen molar-refractivity contribution >= 4 is 0 Å². The minimum absolute atomic E-state index is 0.211. The molecule has 30 heavy (non-hydrogen) atoms. The van der Waals surface area contributed by atoms with E-state index in [4.69, 9.17) is 18.9 Å². The molecular formula is C24H33NO5. The quantitative estimate of drug-likeness (QED) is 0.574. The van der Waals surface area contributed by atoms with Crippen LogP contribution in [-0.2, 0) is 22.6 Å². The second kappa shape index (κ2) is 11.9. The maximum Gasteiger partial charge on any atom is 0.161 e. The Kier molecular flexibility index (Phi) is 8.96. The molecule has 2 aromatic carbocycles. The number of rotatable bonds is 12. The van der Waals surface area contributed by atoms with E-state index in [0.717, 1.165) is 37.1 Å². The van der Waals surface area contributed by atoms with Gasteiger partial charge in [-0.3, -0.25) is 4.90 Å². The fourth-order valence-corrected chi connectivity index (χ4v) is 3.75. The van der Waals surface area contributed by atoms with E-state index in [2.05, 4.69) is 4.90 Å². The number of benzene rings is 2. The molecule has 0 amide bonds. The van der Waals surface area contributed by atoms with Gasteiger partial charge in [0.1, 0.15) is 0 Å². The molecule has 0 saturated carbocycles. The lowest BCUT2D eigenvalue weighted by Gasteiger charge is -2.27. The van der Waals surface area contributed by atoms with E-state index in [1.54, 1.807) is 14.2 Å². The Labute approximate surface area is 179 Å². The number of aliphatic hydroxyl groups is 1. The van der Waals surface area contributed by atoms with E-state index in [1.165, 1.54) is 0 Å². The second-order valence-electron chi connectivity index (χ2n) is 7.67. The number of ether oxygens (including phenoxy) is 4. The van der Waals surface area contributed by atoms with Crippen molar-refractivity contribution in [3.63, 3.8) is 0 Å². The van der Waals surface area contributed by atoms with Crippen LogP contribution < -0.4 is 9.47 Å². The SMILES string of the molecule is COc1ccc(CN(CC(O)COCc2ccccc2)CC2CCCO2)cc1OC. The van der Waals surface area contributed by atoms with Gasteiger partial charge in [0.25, 0.3) is 0 Å². The lowest BCUT2D eigenvalue weighted by atomic mass is 10.1. The Bertz CT molecular complexity index is 749. The first kappa shape index (κ1) is 22.6. The van der Waals surface area contributed by atoms with Crippen molar-refractivity contribution in [3.05, 3.63) is 59.7 Å². The van der Waals surface area contributed by atoms with Crippen LogP contribution in [0.15, 0.2) is 48.5 Å². The molecule has 0 bridgehead atoms. The lowest BCUT2D eigenvalue weighted by Crippen LogP contribution is -2.39. The summed E-state index contributed by atoms with van der Waals surface area (Å²) in [4.78, 5) is 2.23. The molecule has 0 aromatic heterocycles. The average Bonchev–Trinajstić information content (AvgIpc) is 3.27. The topological polar surface area (TPSA) is 60.4 Å². The molecule has 6 heteroatoms. The summed E-state index contributed by atoms with van der Waals surface area (Å²) in [5.41, 5.74) is 2.20. The summed E-state index contributed by atoms with van der Waals surface area (Å²) >= 11 is 0. The van der Waals surface area contributed by atoms with Crippen molar-refractivity contribution in [2.24, 2.45) is 0 Å². The zero-order chi connectivity index (χ0) is 21.2. The predicted octanol–water partition coefficient (Wildman–Crippen LogP) is 3.26. The molecule has 0 aliphatic carbocycles. The predicted molar refractivity (Wildman–Crippen MR) is 116 cm³/mol. The molecule has 0 spiro atoms. The number of nitrogens with zero attached hydrogens (tertiary/aromatic N) is 1. The highest BCUT2D eigenvalue weighted by atomic mass is 16.5. The van der Waals surface area contributed by atoms with E-state index in [-0.39, 0.29) is 6.10 Å². The lowest BCUT2D eigenvalue weighted by molar-refractivity contribution is -0.00288. The van der Waals surface area contributed by atoms with E-state index < -0.39 is 6.10 Å². The Balaban J connectivity index is 1.57. The molecule has 3 rings (SSSR count). The van der Waals surface area contributed by atoms with Crippen molar-refractivity contribution < 1.29 is 24.1 Å². The fraction of sp³-hybridized carbons (Fsp3) is 0.500. The maximum absolute atomic E-state index is 10.6. The summed E-state index contributed by atoms with van der Waals surface area (Å²) in [6.45, 7) is 3.60. The zero-order valence-corrected chi connectivity index (χ0v) is 18.0. The smallest absolute Gasteiger partial charge is 0.161 e. The van der Waals surface area contributed by atoms with Gasteiger partial charge in [-0.15, -0.1) is 0 Å². The third kappa shape index (κ3) is 6.99. The van der Waals surface area contributed by atoms with Crippen LogP contribution in [0, 0.1) is 0 Å². The van der Waals surface area contributed by atoms with Crippen LogP contribution >= 0.6 is 0 Å². The van der Waals surface area contributed by atoms with Crippen molar-refractivity contribution in [1.82, 2.24) is 4.90 Å². The van der Waals surface area contributed by atoms with Gasteiger partial charge < -0.3 is 24.1 Å². The highest BCUT2D eigenvalue weighted by Crippen LogP contribution is 2.28. The maximum atomic E-state index is 10.6. The first-order valence-corrected chi connectivity index (χ1v) is 10.5. The molecule has 2 aromatic rings. The van der Waals surface area contributed by atoms with Gasteiger partial charge >= 0.3 is 0 Å². The standard InChI is InChI=1S/C24H33NO5/c1-27-23-11-10-20(13-24(23)28-2)14-25(16-22-9-6-12-30-22)15-21(26)18-29-17-19-7-4-3-5-8-19/h3-5,7-8,10-11,13,21-22,26H,6,9,12,14-18H2,1-2H3. The summed E-state index contributed by atoms with van der Waals surface area (Å²) in [6, 6.07) is 15.9. The molecule has 1 N–H and O–H groups in total. The van der Waals surface area contributed by atoms with Gasteiger partial charge in [-0.1, -0.05) is 36.4 Å². The minimum atomic E-state index is -0.574. The summed E-state index contributed by atoms with van der Waals surface area (Å²) in [7, 11) is 3.27. The molecule has 1 aliphatic heterocycles. The summed E-state index contributed by atoms with van der Waals surface area (Å²) < 4.78 is 22.3. The Morgan fingerprint density at radius 2 is 1.87 bits per heavy atom. The summed E-state index contributed by atoms with van der Waals surface area (Å²) in [5, 5.41) is 10.6. The van der Waals surface area contributed by atoms with E-state index in [0.29, 0.717) is 37.8 Å². The molecule has 6 nitrogen and oxygen atoms in total. The van der Waals surface area contributed by atoms with Crippen molar-refractivity contribution in [3.8, 4) is 11.5 Å². The minimum Gasteiger partial charge on any atom is -0.493 e. The fourth-order valence-electron chi connectivity index (χ4n) is 3.75. The normalized spacial score (nSPS) is 17.3. The second-order valence-corrected chi connectivity index (χ2v) is 7.67. The van der Waals surface area contributed by atoms with Crippen molar-refractivity contribution in [2.45, 2.75) is 38.2 Å². The molecule has 1 heterocycles. The van der Waals surface area contributed by atoms with Gasteiger partial charge in [0, 0.05) is 26.2 Å². The van der Waals surface area contributed by atoms with Gasteiger partial charge in [-0.25, -0.2) is 0 Å². The van der Waals surface area contributed by atoms with E-state index >= 15 is 0 Å². The highest BCUT2D eigenvalue weighted by molar-refractivity contribution is 5.42. The third-order valence-electron chi connectivity index (χ3n) is 5.23. The number of aliphatic hydroxyl groups excluding tert-OH is 1. The van der Waals surface area contributed by atoms with Crippen LogP contribution in [0.3, 0.4) is 0 Å². The molecular weight excluding hydrogens is 382 g/mol. The van der Waals surface area contributed by atoms with Gasteiger partial charge in [0.2, 0.25) is 0 Å². The van der Waals surface area contributed by atoms with Crippen LogP contribution in [0.25, 0.3) is 0 Å². The Hall–Kier alpha value is -2.12. The first-order chi connectivity index (χ1) is 14.7. The Morgan fingerprint density at radius 1 is 1.07 bits per heavy atom. The number of methoxy groups -OCH3 is 2. The third-order valence-corrected chi connectivity index (χ3v) is 5.23. The van der Waals surface area contributed by atoms with Crippen LogP contribution in [0.2, 0.25) is 0 Å². The van der Waals surface area contributed by atoms with Crippen molar-refractivity contribution in [1.29, 1.82) is 0 Å². The van der Waals surface area contributed by atoms with E-state index in [1.807, 2.05) is 48.5 Å². The first-order valence-electron chi connectivity index (χ1n) is 10.5. The molecule has 1 fully saturated rings. The van der Waals surface area contributed by atoms with Gasteiger partial charge in [-0.2, -0.15) is 0 Å². The van der Waals surface area contributed by atoms with Gasteiger partial charge in [0.15, 0.2) is 11.5 Å². The Morgan fingerprint density at radius 3 is 2.57 bits per heavy atom. The summed E-state index contributed by atoms with van der Waals surface area (Å²) in [6.07, 6.45) is 1.79. The van der Waals surface area contributed by atoms with Gasteiger partial charge in [0.05, 0.1) is 39.6 Å². The monoisotopic (exact) mass is 415 g/mol. The zero-order valence-electron chi connectivity index (χ0n) is 18.0. The van der Waals surface area contributed by atoms with Crippen LogP contribution in [0.4, 0.5) is 0 Å². The molecule has 1 saturated heterocycles. The molecule has 2 unspecified atom stereocenters. The highest BCUT2D eigenvalue weighted by Gasteiger charge is 2.22. The molecule has 0 radical (unpaired) electrons. The molecule has 1 aliphatic rings. The number of hydrogen-bond acceptors (Lipinski definition) is 6. The van der Waals surface area contributed by atoms with Gasteiger partial charge in [-0.05, 0) is 36.1 Å².